The number of rotatable bonds is 7. The molecule has 8 heteroatoms. The standard InChI is InChI=1S/C16H16FN3O4/c1-24-12-7-13(17)16(20(22)23)14(8-12)18-10-15(21)19-9-11-5-3-2-4-6-11/h2-8,18H,9-10H2,1H3,(H,19,21). The van der Waals surface area contributed by atoms with Gasteiger partial charge in [-0.3, -0.25) is 14.9 Å². The van der Waals surface area contributed by atoms with E-state index in [9.17, 15) is 19.3 Å². The molecule has 0 aliphatic carbocycles. The maximum Gasteiger partial charge on any atom is 0.327 e. The highest BCUT2D eigenvalue weighted by Crippen LogP contribution is 2.32. The van der Waals surface area contributed by atoms with Gasteiger partial charge in [-0.2, -0.15) is 4.39 Å². The number of hydrogen-bond acceptors (Lipinski definition) is 5. The molecule has 0 bridgehead atoms. The minimum absolute atomic E-state index is 0.116. The molecule has 0 aromatic heterocycles. The summed E-state index contributed by atoms with van der Waals surface area (Å²) in [6.07, 6.45) is 0. The smallest absolute Gasteiger partial charge is 0.327 e. The molecule has 0 aliphatic heterocycles. The van der Waals surface area contributed by atoms with Crippen LogP contribution in [-0.2, 0) is 11.3 Å². The third-order valence-electron chi connectivity index (χ3n) is 3.23. The topological polar surface area (TPSA) is 93.5 Å². The third-order valence-corrected chi connectivity index (χ3v) is 3.23. The van der Waals surface area contributed by atoms with Crippen LogP contribution in [0.15, 0.2) is 42.5 Å². The molecule has 126 valence electrons. The summed E-state index contributed by atoms with van der Waals surface area (Å²) >= 11 is 0. The van der Waals surface area contributed by atoms with Gasteiger partial charge in [0.25, 0.3) is 0 Å². The predicted molar refractivity (Wildman–Crippen MR) is 86.4 cm³/mol. The fraction of sp³-hybridized carbons (Fsp3) is 0.188. The lowest BCUT2D eigenvalue weighted by Crippen LogP contribution is -2.29. The summed E-state index contributed by atoms with van der Waals surface area (Å²) in [5, 5.41) is 16.2. The van der Waals surface area contributed by atoms with Crippen LogP contribution < -0.4 is 15.4 Å². The van der Waals surface area contributed by atoms with E-state index in [4.69, 9.17) is 4.74 Å². The van der Waals surface area contributed by atoms with Crippen molar-refractivity contribution >= 4 is 17.3 Å². The first kappa shape index (κ1) is 17.2. The van der Waals surface area contributed by atoms with Crippen LogP contribution in [0.4, 0.5) is 15.8 Å². The molecule has 24 heavy (non-hydrogen) atoms. The summed E-state index contributed by atoms with van der Waals surface area (Å²) in [6.45, 7) is 0.0935. The van der Waals surface area contributed by atoms with E-state index in [1.54, 1.807) is 0 Å². The van der Waals surface area contributed by atoms with Gasteiger partial charge in [0, 0.05) is 18.7 Å². The fourth-order valence-corrected chi connectivity index (χ4v) is 2.05. The van der Waals surface area contributed by atoms with Crippen LogP contribution in [0.1, 0.15) is 5.56 Å². The van der Waals surface area contributed by atoms with E-state index < -0.39 is 16.4 Å². The molecule has 0 radical (unpaired) electrons. The number of ether oxygens (including phenoxy) is 1. The van der Waals surface area contributed by atoms with E-state index in [0.29, 0.717) is 6.54 Å². The maximum atomic E-state index is 13.8. The van der Waals surface area contributed by atoms with Crippen molar-refractivity contribution in [2.45, 2.75) is 6.54 Å². The highest BCUT2D eigenvalue weighted by molar-refractivity contribution is 5.82. The average molecular weight is 333 g/mol. The molecule has 0 saturated heterocycles. The number of halogens is 1. The molecule has 0 aliphatic rings. The normalized spacial score (nSPS) is 10.1. The molecule has 2 aromatic rings. The Labute approximate surface area is 137 Å². The third kappa shape index (κ3) is 4.42. The number of methoxy groups -OCH3 is 1. The zero-order valence-corrected chi connectivity index (χ0v) is 12.9. The van der Waals surface area contributed by atoms with Gasteiger partial charge in [0.05, 0.1) is 18.6 Å². The molecule has 0 heterocycles. The Morgan fingerprint density at radius 3 is 2.62 bits per heavy atom. The number of nitro benzene ring substituents is 1. The molecule has 0 saturated carbocycles. The van der Waals surface area contributed by atoms with Crippen LogP contribution in [0.5, 0.6) is 5.75 Å². The van der Waals surface area contributed by atoms with Gasteiger partial charge in [-0.1, -0.05) is 30.3 Å². The Balaban J connectivity index is 2.01. The van der Waals surface area contributed by atoms with Gasteiger partial charge < -0.3 is 15.4 Å². The first-order valence-corrected chi connectivity index (χ1v) is 7.07. The highest BCUT2D eigenvalue weighted by atomic mass is 19.1. The number of nitro groups is 1. The Morgan fingerprint density at radius 2 is 2.00 bits per heavy atom. The van der Waals surface area contributed by atoms with E-state index >= 15 is 0 Å². The van der Waals surface area contributed by atoms with Crippen molar-refractivity contribution in [1.82, 2.24) is 5.32 Å². The van der Waals surface area contributed by atoms with Gasteiger partial charge in [0.1, 0.15) is 11.4 Å². The van der Waals surface area contributed by atoms with Gasteiger partial charge >= 0.3 is 5.69 Å². The summed E-state index contributed by atoms with van der Waals surface area (Å²) in [5.74, 6) is -1.30. The Kier molecular flexibility index (Phi) is 5.67. The van der Waals surface area contributed by atoms with Gasteiger partial charge in [-0.05, 0) is 5.56 Å². The molecule has 2 N–H and O–H groups in total. The van der Waals surface area contributed by atoms with E-state index in [0.717, 1.165) is 11.6 Å². The number of hydrogen-bond donors (Lipinski definition) is 2. The quantitative estimate of drug-likeness (QED) is 0.600. The largest absolute Gasteiger partial charge is 0.497 e. The molecule has 0 unspecified atom stereocenters. The summed E-state index contributed by atoms with van der Waals surface area (Å²) < 4.78 is 18.7. The molecule has 2 rings (SSSR count). The van der Waals surface area contributed by atoms with Crippen molar-refractivity contribution in [3.8, 4) is 5.75 Å². The number of nitrogens with zero attached hydrogens (tertiary/aromatic N) is 1. The van der Waals surface area contributed by atoms with Crippen LogP contribution in [-0.4, -0.2) is 24.5 Å². The lowest BCUT2D eigenvalue weighted by atomic mass is 10.2. The van der Waals surface area contributed by atoms with Gasteiger partial charge in [0.2, 0.25) is 11.7 Å². The molecular weight excluding hydrogens is 317 g/mol. The van der Waals surface area contributed by atoms with E-state index in [2.05, 4.69) is 10.6 Å². The van der Waals surface area contributed by atoms with Crippen molar-refractivity contribution in [3.63, 3.8) is 0 Å². The van der Waals surface area contributed by atoms with Gasteiger partial charge in [-0.25, -0.2) is 0 Å². The highest BCUT2D eigenvalue weighted by Gasteiger charge is 2.22. The monoisotopic (exact) mass is 333 g/mol. The first-order valence-electron chi connectivity index (χ1n) is 7.07. The number of amides is 1. The van der Waals surface area contributed by atoms with E-state index in [1.807, 2.05) is 30.3 Å². The molecule has 1 amide bonds. The van der Waals surface area contributed by atoms with Crippen molar-refractivity contribution < 1.29 is 18.8 Å². The molecular formula is C16H16FN3O4. The minimum atomic E-state index is -1.04. The maximum absolute atomic E-state index is 13.8. The number of carbonyl (C=O) groups is 1. The predicted octanol–water partition coefficient (Wildman–Crippen LogP) is 2.47. The second kappa shape index (κ2) is 7.91. The average Bonchev–Trinajstić information content (AvgIpc) is 2.58. The second-order valence-electron chi connectivity index (χ2n) is 4.88. The molecule has 7 nitrogen and oxygen atoms in total. The zero-order chi connectivity index (χ0) is 17.5. The Hall–Kier alpha value is -3.16. The first-order chi connectivity index (χ1) is 11.5. The lowest BCUT2D eigenvalue weighted by Gasteiger charge is -2.10. The number of nitrogens with one attached hydrogen (secondary N) is 2. The van der Waals surface area contributed by atoms with E-state index in [1.165, 1.54) is 13.2 Å². The van der Waals surface area contributed by atoms with Crippen LogP contribution >= 0.6 is 0 Å². The Morgan fingerprint density at radius 1 is 1.29 bits per heavy atom. The number of anilines is 1. The van der Waals surface area contributed by atoms with Crippen LogP contribution in [0.3, 0.4) is 0 Å². The number of carbonyl (C=O) groups excluding carboxylic acids is 1. The van der Waals surface area contributed by atoms with Crippen molar-refractivity contribution in [1.29, 1.82) is 0 Å². The SMILES string of the molecule is COc1cc(F)c([N+](=O)[O-])c(NCC(=O)NCc2ccccc2)c1. The Bertz CT molecular complexity index is 738. The summed E-state index contributed by atoms with van der Waals surface area (Å²) in [6, 6.07) is 11.5. The molecule has 0 fully saturated rings. The van der Waals surface area contributed by atoms with Crippen LogP contribution in [0.25, 0.3) is 0 Å². The zero-order valence-electron chi connectivity index (χ0n) is 12.9. The van der Waals surface area contributed by atoms with Gasteiger partial charge in [0.15, 0.2) is 0 Å². The van der Waals surface area contributed by atoms with Crippen LogP contribution in [0.2, 0.25) is 0 Å². The molecule has 0 atom stereocenters. The number of benzene rings is 2. The molecule has 0 spiro atoms. The lowest BCUT2D eigenvalue weighted by molar-refractivity contribution is -0.386. The molecule has 2 aromatic carbocycles. The van der Waals surface area contributed by atoms with Crippen LogP contribution in [0, 0.1) is 15.9 Å². The van der Waals surface area contributed by atoms with Crippen molar-refractivity contribution in [3.05, 3.63) is 64.0 Å². The summed E-state index contributed by atoms with van der Waals surface area (Å²) in [4.78, 5) is 22.0. The minimum Gasteiger partial charge on any atom is -0.497 e. The summed E-state index contributed by atoms with van der Waals surface area (Å²) in [7, 11) is 1.32. The summed E-state index contributed by atoms with van der Waals surface area (Å²) in [5.41, 5.74) is 0.0719. The van der Waals surface area contributed by atoms with Gasteiger partial charge in [-0.15, -0.1) is 0 Å². The second-order valence-corrected chi connectivity index (χ2v) is 4.88. The van der Waals surface area contributed by atoms with Crippen molar-refractivity contribution in [2.24, 2.45) is 0 Å². The van der Waals surface area contributed by atoms with E-state index in [-0.39, 0.29) is 23.9 Å². The van der Waals surface area contributed by atoms with Crippen molar-refractivity contribution in [2.75, 3.05) is 19.0 Å². The fourth-order valence-electron chi connectivity index (χ4n) is 2.05.